The first-order valence-electron chi connectivity index (χ1n) is 6.19. The summed E-state index contributed by atoms with van der Waals surface area (Å²) in [5.41, 5.74) is 0.868. The van der Waals surface area contributed by atoms with E-state index in [-0.39, 0.29) is 25.0 Å². The van der Waals surface area contributed by atoms with Crippen molar-refractivity contribution in [3.05, 3.63) is 0 Å². The van der Waals surface area contributed by atoms with Crippen LogP contribution in [-0.2, 0) is 19.2 Å². The molecule has 18 heavy (non-hydrogen) atoms. The van der Waals surface area contributed by atoms with Gasteiger partial charge in [0.25, 0.3) is 5.91 Å². The summed E-state index contributed by atoms with van der Waals surface area (Å²) in [6, 6.07) is 0. The Morgan fingerprint density at radius 2 is 2.11 bits per heavy atom. The van der Waals surface area contributed by atoms with Crippen molar-refractivity contribution in [1.29, 1.82) is 0 Å². The molecule has 0 saturated carbocycles. The SMILES string of the molecule is CCN(CC)C(=O)COC(=O)CC1CC(C)=NO1. The zero-order valence-electron chi connectivity index (χ0n) is 11.1. The minimum absolute atomic E-state index is 0.131. The highest BCUT2D eigenvalue weighted by Gasteiger charge is 2.23. The van der Waals surface area contributed by atoms with Gasteiger partial charge in [-0.25, -0.2) is 0 Å². The molecule has 0 saturated heterocycles. The lowest BCUT2D eigenvalue weighted by atomic mass is 10.1. The number of ether oxygens (including phenoxy) is 1. The van der Waals surface area contributed by atoms with Crippen molar-refractivity contribution in [2.75, 3.05) is 19.7 Å². The van der Waals surface area contributed by atoms with Crippen LogP contribution in [0.2, 0.25) is 0 Å². The van der Waals surface area contributed by atoms with Crippen LogP contribution in [0.4, 0.5) is 0 Å². The van der Waals surface area contributed by atoms with Gasteiger partial charge in [-0.05, 0) is 20.8 Å². The van der Waals surface area contributed by atoms with Gasteiger partial charge in [0.15, 0.2) is 6.61 Å². The molecule has 0 fully saturated rings. The van der Waals surface area contributed by atoms with Crippen LogP contribution in [0.15, 0.2) is 5.16 Å². The smallest absolute Gasteiger partial charge is 0.310 e. The molecule has 1 amide bonds. The topological polar surface area (TPSA) is 68.2 Å². The third-order valence-electron chi connectivity index (χ3n) is 2.75. The molecule has 1 rings (SSSR count). The Balaban J connectivity index is 2.23. The van der Waals surface area contributed by atoms with E-state index in [1.165, 1.54) is 0 Å². The van der Waals surface area contributed by atoms with Crippen LogP contribution < -0.4 is 0 Å². The summed E-state index contributed by atoms with van der Waals surface area (Å²) in [4.78, 5) is 29.7. The molecule has 0 spiro atoms. The highest BCUT2D eigenvalue weighted by Crippen LogP contribution is 2.13. The van der Waals surface area contributed by atoms with Gasteiger partial charge in [0.05, 0.1) is 12.1 Å². The molecule has 0 N–H and O–H groups in total. The van der Waals surface area contributed by atoms with Crippen LogP contribution in [0.3, 0.4) is 0 Å². The number of carbonyl (C=O) groups is 2. The summed E-state index contributed by atoms with van der Waals surface area (Å²) in [7, 11) is 0. The van der Waals surface area contributed by atoms with E-state index >= 15 is 0 Å². The van der Waals surface area contributed by atoms with Gasteiger partial charge in [0.1, 0.15) is 6.10 Å². The maximum absolute atomic E-state index is 11.6. The third kappa shape index (κ3) is 4.35. The summed E-state index contributed by atoms with van der Waals surface area (Å²) < 4.78 is 4.92. The molecule has 0 aromatic heterocycles. The number of hydrogen-bond acceptors (Lipinski definition) is 5. The van der Waals surface area contributed by atoms with Crippen LogP contribution in [0.1, 0.15) is 33.6 Å². The van der Waals surface area contributed by atoms with Gasteiger partial charge in [0.2, 0.25) is 0 Å². The number of carbonyl (C=O) groups excluding carboxylic acids is 2. The van der Waals surface area contributed by atoms with Crippen molar-refractivity contribution < 1.29 is 19.2 Å². The number of hydrogen-bond donors (Lipinski definition) is 0. The molecule has 0 aromatic carbocycles. The van der Waals surface area contributed by atoms with E-state index in [2.05, 4.69) is 5.16 Å². The average Bonchev–Trinajstić information content (AvgIpc) is 2.73. The zero-order valence-corrected chi connectivity index (χ0v) is 11.1. The van der Waals surface area contributed by atoms with Crippen LogP contribution >= 0.6 is 0 Å². The van der Waals surface area contributed by atoms with E-state index in [4.69, 9.17) is 9.57 Å². The van der Waals surface area contributed by atoms with Gasteiger partial charge in [-0.2, -0.15) is 0 Å². The summed E-state index contributed by atoms with van der Waals surface area (Å²) in [6.07, 6.45) is 0.520. The Morgan fingerprint density at radius 1 is 1.44 bits per heavy atom. The molecular formula is C12H20N2O4. The Bertz CT molecular complexity index is 337. The van der Waals surface area contributed by atoms with Gasteiger partial charge in [-0.3, -0.25) is 9.59 Å². The Morgan fingerprint density at radius 3 is 2.61 bits per heavy atom. The molecular weight excluding hydrogens is 236 g/mol. The van der Waals surface area contributed by atoms with Crippen molar-refractivity contribution >= 4 is 17.6 Å². The monoisotopic (exact) mass is 256 g/mol. The fourth-order valence-corrected chi connectivity index (χ4v) is 1.73. The van der Waals surface area contributed by atoms with E-state index in [1.807, 2.05) is 20.8 Å². The normalized spacial score (nSPS) is 17.9. The largest absolute Gasteiger partial charge is 0.455 e. The highest BCUT2D eigenvalue weighted by molar-refractivity contribution is 5.84. The fourth-order valence-electron chi connectivity index (χ4n) is 1.73. The van der Waals surface area contributed by atoms with E-state index in [1.54, 1.807) is 4.90 Å². The average molecular weight is 256 g/mol. The van der Waals surface area contributed by atoms with E-state index in [0.29, 0.717) is 19.5 Å². The Labute approximate surface area is 107 Å². The molecule has 102 valence electrons. The van der Waals surface area contributed by atoms with Crippen molar-refractivity contribution in [2.24, 2.45) is 5.16 Å². The predicted octanol–water partition coefficient (Wildman–Crippen LogP) is 0.953. The lowest BCUT2D eigenvalue weighted by molar-refractivity contribution is -0.153. The molecule has 1 unspecified atom stereocenters. The fraction of sp³-hybridized carbons (Fsp3) is 0.750. The van der Waals surface area contributed by atoms with Crippen LogP contribution in [-0.4, -0.2) is 48.3 Å². The molecule has 0 aliphatic carbocycles. The van der Waals surface area contributed by atoms with Gasteiger partial charge >= 0.3 is 5.97 Å². The standard InChI is InChI=1S/C12H20N2O4/c1-4-14(5-2)11(15)8-17-12(16)7-10-6-9(3)13-18-10/h10H,4-8H2,1-3H3. The third-order valence-corrected chi connectivity index (χ3v) is 2.75. The molecule has 0 aromatic rings. The molecule has 1 aliphatic rings. The van der Waals surface area contributed by atoms with E-state index in [9.17, 15) is 9.59 Å². The molecule has 1 heterocycles. The quantitative estimate of drug-likeness (QED) is 0.664. The van der Waals surface area contributed by atoms with Gasteiger partial charge in [0, 0.05) is 19.5 Å². The van der Waals surface area contributed by atoms with Gasteiger partial charge < -0.3 is 14.5 Å². The lowest BCUT2D eigenvalue weighted by Crippen LogP contribution is -2.34. The van der Waals surface area contributed by atoms with Crippen LogP contribution in [0.25, 0.3) is 0 Å². The summed E-state index contributed by atoms with van der Waals surface area (Å²) >= 11 is 0. The minimum atomic E-state index is -0.426. The molecule has 6 heteroatoms. The number of amides is 1. The first-order chi connectivity index (χ1) is 8.56. The highest BCUT2D eigenvalue weighted by atomic mass is 16.6. The first-order valence-corrected chi connectivity index (χ1v) is 6.19. The Kier molecular flexibility index (Phi) is 5.61. The molecule has 1 aliphatic heterocycles. The minimum Gasteiger partial charge on any atom is -0.455 e. The predicted molar refractivity (Wildman–Crippen MR) is 66.1 cm³/mol. The second kappa shape index (κ2) is 6.98. The van der Waals surface area contributed by atoms with Crippen molar-refractivity contribution in [3.63, 3.8) is 0 Å². The molecule has 0 bridgehead atoms. The second-order valence-electron chi connectivity index (χ2n) is 4.19. The number of esters is 1. The summed E-state index contributed by atoms with van der Waals surface area (Å²) in [5.74, 6) is -0.599. The van der Waals surface area contributed by atoms with Crippen LogP contribution in [0, 0.1) is 0 Å². The first kappa shape index (κ1) is 14.5. The van der Waals surface area contributed by atoms with E-state index < -0.39 is 5.97 Å². The van der Waals surface area contributed by atoms with Gasteiger partial charge in [-0.1, -0.05) is 5.16 Å². The number of rotatable bonds is 6. The second-order valence-corrected chi connectivity index (χ2v) is 4.19. The molecule has 0 radical (unpaired) electrons. The number of likely N-dealkylation sites (N-methyl/N-ethyl adjacent to an activating group) is 1. The number of nitrogens with zero attached hydrogens (tertiary/aromatic N) is 2. The maximum Gasteiger partial charge on any atom is 0.310 e. The van der Waals surface area contributed by atoms with Crippen molar-refractivity contribution in [2.45, 2.75) is 39.7 Å². The van der Waals surface area contributed by atoms with Crippen LogP contribution in [0.5, 0.6) is 0 Å². The van der Waals surface area contributed by atoms with Crippen molar-refractivity contribution in [1.82, 2.24) is 4.90 Å². The zero-order chi connectivity index (χ0) is 13.5. The number of oxime groups is 1. The summed E-state index contributed by atoms with van der Waals surface area (Å²) in [5, 5.41) is 3.75. The maximum atomic E-state index is 11.6. The molecule has 6 nitrogen and oxygen atoms in total. The Hall–Kier alpha value is -1.59. The van der Waals surface area contributed by atoms with E-state index in [0.717, 1.165) is 5.71 Å². The van der Waals surface area contributed by atoms with Gasteiger partial charge in [-0.15, -0.1) is 0 Å². The summed E-state index contributed by atoms with van der Waals surface area (Å²) in [6.45, 7) is 6.64. The molecule has 1 atom stereocenters. The van der Waals surface area contributed by atoms with Crippen molar-refractivity contribution in [3.8, 4) is 0 Å². The lowest BCUT2D eigenvalue weighted by Gasteiger charge is -2.18.